The van der Waals surface area contributed by atoms with Crippen molar-refractivity contribution in [1.29, 1.82) is 0 Å². The molecule has 0 unspecified atom stereocenters. The molecular weight excluding hydrogens is 208 g/mol. The predicted molar refractivity (Wildman–Crippen MR) is 54.7 cm³/mol. The number of thiophene rings is 1. The molecule has 0 fully saturated rings. The molecule has 13 heavy (non-hydrogen) atoms. The van der Waals surface area contributed by atoms with E-state index in [1.54, 1.807) is 6.07 Å². The number of phenols is 2. The van der Waals surface area contributed by atoms with E-state index in [1.807, 2.05) is 0 Å². The SMILES string of the molecule is Oc1ccc(O)c2sc(CCl)cc12. The first-order chi connectivity index (χ1) is 6.22. The molecule has 0 amide bonds. The van der Waals surface area contributed by atoms with Crippen LogP contribution in [0.3, 0.4) is 0 Å². The molecule has 1 heterocycles. The molecule has 0 saturated heterocycles. The van der Waals surface area contributed by atoms with Crippen molar-refractivity contribution >= 4 is 33.0 Å². The van der Waals surface area contributed by atoms with Gasteiger partial charge >= 0.3 is 0 Å². The van der Waals surface area contributed by atoms with E-state index < -0.39 is 0 Å². The van der Waals surface area contributed by atoms with Crippen LogP contribution in [-0.4, -0.2) is 10.2 Å². The number of aromatic hydroxyl groups is 2. The van der Waals surface area contributed by atoms with Crippen LogP contribution in [0.2, 0.25) is 0 Å². The highest BCUT2D eigenvalue weighted by molar-refractivity contribution is 7.19. The van der Waals surface area contributed by atoms with E-state index in [2.05, 4.69) is 0 Å². The van der Waals surface area contributed by atoms with E-state index >= 15 is 0 Å². The quantitative estimate of drug-likeness (QED) is 0.566. The van der Waals surface area contributed by atoms with Gasteiger partial charge in [-0.3, -0.25) is 0 Å². The van der Waals surface area contributed by atoms with Crippen LogP contribution in [-0.2, 0) is 5.88 Å². The molecule has 0 atom stereocenters. The molecule has 0 saturated carbocycles. The van der Waals surface area contributed by atoms with E-state index in [4.69, 9.17) is 11.6 Å². The van der Waals surface area contributed by atoms with Crippen LogP contribution in [0.25, 0.3) is 10.1 Å². The Labute approximate surface area is 84.0 Å². The summed E-state index contributed by atoms with van der Waals surface area (Å²) in [6.45, 7) is 0. The van der Waals surface area contributed by atoms with Crippen molar-refractivity contribution < 1.29 is 10.2 Å². The van der Waals surface area contributed by atoms with Gasteiger partial charge in [0.15, 0.2) is 0 Å². The summed E-state index contributed by atoms with van der Waals surface area (Å²) < 4.78 is 0.690. The monoisotopic (exact) mass is 214 g/mol. The molecule has 0 aliphatic rings. The highest BCUT2D eigenvalue weighted by Gasteiger charge is 2.08. The number of rotatable bonds is 1. The van der Waals surface area contributed by atoms with Gasteiger partial charge in [0.05, 0.1) is 10.6 Å². The number of benzene rings is 1. The Kier molecular flexibility index (Phi) is 2.06. The molecule has 68 valence electrons. The lowest BCUT2D eigenvalue weighted by Gasteiger charge is -1.95. The van der Waals surface area contributed by atoms with Crippen molar-refractivity contribution in [2.75, 3.05) is 0 Å². The van der Waals surface area contributed by atoms with Crippen LogP contribution < -0.4 is 0 Å². The summed E-state index contributed by atoms with van der Waals surface area (Å²) in [5.74, 6) is 0.771. The van der Waals surface area contributed by atoms with E-state index in [-0.39, 0.29) is 11.5 Å². The van der Waals surface area contributed by atoms with E-state index in [0.29, 0.717) is 16.0 Å². The third-order valence-electron chi connectivity index (χ3n) is 1.82. The summed E-state index contributed by atoms with van der Waals surface area (Å²) in [6.07, 6.45) is 0. The van der Waals surface area contributed by atoms with Crippen LogP contribution in [0.5, 0.6) is 11.5 Å². The number of hydrogen-bond donors (Lipinski definition) is 2. The standard InChI is InChI=1S/C9H7ClO2S/c10-4-5-3-6-7(11)1-2-8(12)9(6)13-5/h1-3,11-12H,4H2. The summed E-state index contributed by atoms with van der Waals surface area (Å²) in [5, 5.41) is 19.6. The molecule has 2 nitrogen and oxygen atoms in total. The molecule has 0 aliphatic heterocycles. The van der Waals surface area contributed by atoms with Gasteiger partial charge in [-0.05, 0) is 18.2 Å². The van der Waals surface area contributed by atoms with E-state index in [1.165, 1.54) is 23.5 Å². The molecule has 0 radical (unpaired) electrons. The van der Waals surface area contributed by atoms with Crippen LogP contribution in [0, 0.1) is 0 Å². The third kappa shape index (κ3) is 1.34. The average molecular weight is 215 g/mol. The van der Waals surface area contributed by atoms with Crippen molar-refractivity contribution in [3.8, 4) is 11.5 Å². The first-order valence-electron chi connectivity index (χ1n) is 3.71. The molecule has 2 rings (SSSR count). The molecule has 4 heteroatoms. The number of halogens is 1. The fraction of sp³-hybridized carbons (Fsp3) is 0.111. The van der Waals surface area contributed by atoms with Gasteiger partial charge in [-0.25, -0.2) is 0 Å². The zero-order chi connectivity index (χ0) is 9.42. The van der Waals surface area contributed by atoms with Crippen molar-refractivity contribution in [3.63, 3.8) is 0 Å². The maximum Gasteiger partial charge on any atom is 0.133 e. The zero-order valence-electron chi connectivity index (χ0n) is 6.62. The number of fused-ring (bicyclic) bond motifs is 1. The van der Waals surface area contributed by atoms with E-state index in [9.17, 15) is 10.2 Å². The largest absolute Gasteiger partial charge is 0.507 e. The molecule has 0 bridgehead atoms. The molecule has 1 aromatic heterocycles. The van der Waals surface area contributed by atoms with Crippen molar-refractivity contribution in [3.05, 3.63) is 23.1 Å². The Morgan fingerprint density at radius 1 is 1.23 bits per heavy atom. The van der Waals surface area contributed by atoms with Crippen LogP contribution in [0.1, 0.15) is 4.88 Å². The first kappa shape index (κ1) is 8.66. The normalized spacial score (nSPS) is 10.8. The van der Waals surface area contributed by atoms with Crippen LogP contribution in [0.15, 0.2) is 18.2 Å². The minimum atomic E-state index is 0.181. The fourth-order valence-electron chi connectivity index (χ4n) is 1.21. The second-order valence-corrected chi connectivity index (χ2v) is 4.10. The highest BCUT2D eigenvalue weighted by Crippen LogP contribution is 2.38. The summed E-state index contributed by atoms with van der Waals surface area (Å²) in [5.41, 5.74) is 0. The van der Waals surface area contributed by atoms with Gasteiger partial charge in [0.1, 0.15) is 11.5 Å². The lowest BCUT2D eigenvalue weighted by molar-refractivity contribution is 0.470. The Morgan fingerprint density at radius 3 is 2.54 bits per heavy atom. The van der Waals surface area contributed by atoms with Crippen LogP contribution in [0.4, 0.5) is 0 Å². The van der Waals surface area contributed by atoms with Crippen LogP contribution >= 0.6 is 22.9 Å². The van der Waals surface area contributed by atoms with Crippen molar-refractivity contribution in [2.24, 2.45) is 0 Å². The smallest absolute Gasteiger partial charge is 0.133 e. The highest BCUT2D eigenvalue weighted by atomic mass is 35.5. The van der Waals surface area contributed by atoms with Gasteiger partial charge < -0.3 is 10.2 Å². The Bertz CT molecular complexity index is 411. The molecule has 0 aliphatic carbocycles. The summed E-state index contributed by atoms with van der Waals surface area (Å²) in [6, 6.07) is 4.75. The lowest BCUT2D eigenvalue weighted by Crippen LogP contribution is -1.67. The van der Waals surface area contributed by atoms with Gasteiger partial charge in [0, 0.05) is 10.3 Å². The lowest BCUT2D eigenvalue weighted by atomic mass is 10.2. The Morgan fingerprint density at radius 2 is 1.92 bits per heavy atom. The van der Waals surface area contributed by atoms with Gasteiger partial charge in [-0.1, -0.05) is 0 Å². The summed E-state index contributed by atoms with van der Waals surface area (Å²) in [7, 11) is 0. The second kappa shape index (κ2) is 3.09. The predicted octanol–water partition coefficient (Wildman–Crippen LogP) is 3.05. The minimum Gasteiger partial charge on any atom is -0.507 e. The maximum atomic E-state index is 9.46. The molecular formula is C9H7ClO2S. The zero-order valence-corrected chi connectivity index (χ0v) is 8.19. The van der Waals surface area contributed by atoms with Gasteiger partial charge in [-0.2, -0.15) is 0 Å². The topological polar surface area (TPSA) is 40.5 Å². The number of phenolic OH excluding ortho intramolecular Hbond substituents is 2. The second-order valence-electron chi connectivity index (χ2n) is 2.69. The molecule has 2 N–H and O–H groups in total. The Hall–Kier alpha value is -0.930. The summed E-state index contributed by atoms with van der Waals surface area (Å²) >= 11 is 7.05. The first-order valence-corrected chi connectivity index (χ1v) is 5.07. The number of alkyl halides is 1. The fourth-order valence-corrected chi connectivity index (χ4v) is 2.39. The van der Waals surface area contributed by atoms with Gasteiger partial charge in [0.2, 0.25) is 0 Å². The molecule has 0 spiro atoms. The molecule has 1 aromatic carbocycles. The minimum absolute atomic E-state index is 0.181. The van der Waals surface area contributed by atoms with Crippen molar-refractivity contribution in [1.82, 2.24) is 0 Å². The van der Waals surface area contributed by atoms with Gasteiger partial charge in [-0.15, -0.1) is 22.9 Å². The molecule has 2 aromatic rings. The third-order valence-corrected chi connectivity index (χ3v) is 3.43. The number of hydrogen-bond acceptors (Lipinski definition) is 3. The maximum absolute atomic E-state index is 9.46. The van der Waals surface area contributed by atoms with E-state index in [0.717, 1.165) is 4.88 Å². The Balaban J connectivity index is 2.80. The van der Waals surface area contributed by atoms with Crippen molar-refractivity contribution in [2.45, 2.75) is 5.88 Å². The van der Waals surface area contributed by atoms with Gasteiger partial charge in [0.25, 0.3) is 0 Å². The average Bonchev–Trinajstić information content (AvgIpc) is 2.56. The summed E-state index contributed by atoms with van der Waals surface area (Å²) in [4.78, 5) is 0.938.